The second-order valence-corrected chi connectivity index (χ2v) is 12.4. The number of phenols is 1. The Morgan fingerprint density at radius 3 is 2.67 bits per heavy atom. The number of fused-ring (bicyclic) bond motifs is 5. The molecule has 42 heavy (non-hydrogen) atoms. The quantitative estimate of drug-likeness (QED) is 0.326. The lowest BCUT2D eigenvalue weighted by Crippen LogP contribution is -2.51. The summed E-state index contributed by atoms with van der Waals surface area (Å²) in [5.74, 6) is 0.165. The van der Waals surface area contributed by atoms with Gasteiger partial charge in [0.25, 0.3) is 0 Å². The first-order valence-electron chi connectivity index (χ1n) is 15.1. The first-order valence-corrected chi connectivity index (χ1v) is 15.1. The van der Waals surface area contributed by atoms with Crippen LogP contribution < -0.4 is 15.0 Å². The van der Waals surface area contributed by atoms with Crippen LogP contribution in [0, 0.1) is 5.82 Å². The van der Waals surface area contributed by atoms with Crippen molar-refractivity contribution in [2.24, 2.45) is 0 Å². The third-order valence-electron chi connectivity index (χ3n) is 9.91. The molecule has 4 aliphatic heterocycles. The largest absolute Gasteiger partial charge is 0.508 e. The molecular formula is C33H35FN6O2. The van der Waals surface area contributed by atoms with Crippen LogP contribution >= 0.6 is 0 Å². The van der Waals surface area contributed by atoms with E-state index in [-0.39, 0.29) is 28.5 Å². The molecule has 0 radical (unpaired) electrons. The van der Waals surface area contributed by atoms with Gasteiger partial charge >= 0.3 is 6.01 Å². The van der Waals surface area contributed by atoms with Crippen molar-refractivity contribution in [3.63, 3.8) is 0 Å². The Hall–Kier alpha value is -3.82. The fourth-order valence-corrected chi connectivity index (χ4v) is 7.94. The molecule has 2 aromatic heterocycles. The number of anilines is 1. The van der Waals surface area contributed by atoms with Gasteiger partial charge in [0.05, 0.1) is 10.9 Å². The van der Waals surface area contributed by atoms with Crippen molar-refractivity contribution in [1.82, 2.24) is 25.2 Å². The van der Waals surface area contributed by atoms with Crippen molar-refractivity contribution >= 4 is 33.6 Å². The van der Waals surface area contributed by atoms with Crippen LogP contribution in [0.5, 0.6) is 11.8 Å². The third-order valence-corrected chi connectivity index (χ3v) is 9.91. The molecule has 2 atom stereocenters. The normalized spacial score (nSPS) is 23.1. The van der Waals surface area contributed by atoms with Gasteiger partial charge < -0.3 is 20.1 Å². The summed E-state index contributed by atoms with van der Waals surface area (Å²) in [6.07, 6.45) is 10.2. The van der Waals surface area contributed by atoms with Crippen molar-refractivity contribution in [3.8, 4) is 23.0 Å². The molecule has 8 nitrogen and oxygen atoms in total. The van der Waals surface area contributed by atoms with Gasteiger partial charge in [-0.3, -0.25) is 9.88 Å². The predicted octanol–water partition coefficient (Wildman–Crippen LogP) is 5.28. The Balaban J connectivity index is 1.27. The minimum absolute atomic E-state index is 0.0240. The fourth-order valence-electron chi connectivity index (χ4n) is 7.94. The van der Waals surface area contributed by atoms with Crippen LogP contribution in [0.1, 0.15) is 44.1 Å². The molecule has 216 valence electrons. The van der Waals surface area contributed by atoms with E-state index in [1.54, 1.807) is 24.4 Å². The molecule has 6 heterocycles. The van der Waals surface area contributed by atoms with Gasteiger partial charge in [-0.25, -0.2) is 4.39 Å². The highest BCUT2D eigenvalue weighted by Gasteiger charge is 2.45. The molecule has 4 aliphatic rings. The summed E-state index contributed by atoms with van der Waals surface area (Å²) in [6, 6.07) is 9.93. The van der Waals surface area contributed by atoms with E-state index in [1.807, 2.05) is 18.2 Å². The molecule has 0 aliphatic carbocycles. The van der Waals surface area contributed by atoms with Crippen LogP contribution in [0.2, 0.25) is 0 Å². The summed E-state index contributed by atoms with van der Waals surface area (Å²) in [4.78, 5) is 19.0. The summed E-state index contributed by atoms with van der Waals surface area (Å²) in [7, 11) is 0. The van der Waals surface area contributed by atoms with Crippen molar-refractivity contribution < 1.29 is 14.2 Å². The van der Waals surface area contributed by atoms with E-state index in [2.05, 4.69) is 26.7 Å². The fraction of sp³-hybridized carbons (Fsp3) is 0.424. The molecule has 4 saturated heterocycles. The maximum Gasteiger partial charge on any atom is 0.319 e. The first-order chi connectivity index (χ1) is 20.5. The molecular weight excluding hydrogens is 531 g/mol. The molecule has 0 spiro atoms. The average molecular weight is 567 g/mol. The Kier molecular flexibility index (Phi) is 6.08. The van der Waals surface area contributed by atoms with E-state index in [4.69, 9.17) is 14.7 Å². The number of hydrogen-bond donors (Lipinski definition) is 2. The lowest BCUT2D eigenvalue weighted by Gasteiger charge is -2.34. The highest BCUT2D eigenvalue weighted by Crippen LogP contribution is 2.41. The van der Waals surface area contributed by atoms with Gasteiger partial charge in [0.2, 0.25) is 0 Å². The van der Waals surface area contributed by atoms with E-state index in [0.717, 1.165) is 68.2 Å². The van der Waals surface area contributed by atoms with Crippen LogP contribution in [0.4, 0.5) is 10.2 Å². The zero-order valence-electron chi connectivity index (χ0n) is 23.7. The molecule has 2 N–H and O–H groups in total. The van der Waals surface area contributed by atoms with Gasteiger partial charge in [0.1, 0.15) is 29.4 Å². The highest BCUT2D eigenvalue weighted by molar-refractivity contribution is 6.04. The SMILES string of the molecule is C=Cc1cccc2cc(O)cc(-c3ncc4c(N5CC6CCC(C5)N6)nc(OCC56CCCN5CCC6)nc4c3F)c12. The number of hydrogen-bond acceptors (Lipinski definition) is 8. The van der Waals surface area contributed by atoms with E-state index in [0.29, 0.717) is 35.5 Å². The third kappa shape index (κ3) is 4.13. The first kappa shape index (κ1) is 25.9. The zero-order chi connectivity index (χ0) is 28.4. The molecule has 8 rings (SSSR count). The zero-order valence-corrected chi connectivity index (χ0v) is 23.7. The number of nitrogens with zero attached hydrogens (tertiary/aromatic N) is 5. The monoisotopic (exact) mass is 566 g/mol. The van der Waals surface area contributed by atoms with Crippen molar-refractivity contribution in [1.29, 1.82) is 0 Å². The number of halogens is 1. The van der Waals surface area contributed by atoms with Crippen LogP contribution in [0.15, 0.2) is 43.1 Å². The van der Waals surface area contributed by atoms with Crippen molar-refractivity contribution in [2.75, 3.05) is 37.7 Å². The summed E-state index contributed by atoms with van der Waals surface area (Å²) in [6.45, 7) is 8.25. The molecule has 0 amide bonds. The van der Waals surface area contributed by atoms with Gasteiger partial charge in [0, 0.05) is 36.9 Å². The Morgan fingerprint density at radius 1 is 1.12 bits per heavy atom. The van der Waals surface area contributed by atoms with E-state index < -0.39 is 5.82 Å². The highest BCUT2D eigenvalue weighted by atomic mass is 19.1. The standard InChI is InChI=1S/C33H35FN6O2/c1-2-20-6-3-7-21-14-24(41)15-25(27(20)21)29-28(34)30-26(16-35-29)31(39-17-22-8-9-23(18-39)36-22)38-32(37-30)42-19-33-10-4-12-40(33)13-5-11-33/h2-3,6-7,14-16,22-23,36,41H,1,4-5,8-13,17-19H2. The Labute approximate surface area is 244 Å². The molecule has 4 fully saturated rings. The Bertz CT molecular complexity index is 1700. The number of aromatic hydroxyl groups is 1. The van der Waals surface area contributed by atoms with Gasteiger partial charge in [-0.15, -0.1) is 0 Å². The average Bonchev–Trinajstić information content (AvgIpc) is 3.68. The molecule has 2 aromatic carbocycles. The predicted molar refractivity (Wildman–Crippen MR) is 162 cm³/mol. The summed E-state index contributed by atoms with van der Waals surface area (Å²) in [5, 5.41) is 16.4. The van der Waals surface area contributed by atoms with E-state index in [1.165, 1.54) is 12.8 Å². The number of nitrogens with one attached hydrogen (secondary N) is 1. The number of aromatic nitrogens is 3. The number of ether oxygens (including phenoxy) is 1. The smallest absolute Gasteiger partial charge is 0.319 e. The van der Waals surface area contributed by atoms with Crippen LogP contribution in [-0.2, 0) is 0 Å². The van der Waals surface area contributed by atoms with Crippen LogP contribution in [-0.4, -0.2) is 75.4 Å². The van der Waals surface area contributed by atoms with Crippen molar-refractivity contribution in [3.05, 3.63) is 54.5 Å². The minimum atomic E-state index is -0.550. The second kappa shape index (κ2) is 9.88. The van der Waals surface area contributed by atoms with Gasteiger partial charge in [-0.05, 0) is 80.1 Å². The number of benzene rings is 2. The van der Waals surface area contributed by atoms with Crippen LogP contribution in [0.3, 0.4) is 0 Å². The number of rotatable bonds is 6. The lowest BCUT2D eigenvalue weighted by molar-refractivity contribution is 0.108. The molecule has 4 aromatic rings. The number of pyridine rings is 1. The second-order valence-electron chi connectivity index (χ2n) is 12.4. The van der Waals surface area contributed by atoms with Gasteiger partial charge in [-0.1, -0.05) is 30.9 Å². The van der Waals surface area contributed by atoms with E-state index >= 15 is 4.39 Å². The van der Waals surface area contributed by atoms with Gasteiger partial charge in [-0.2, -0.15) is 9.97 Å². The van der Waals surface area contributed by atoms with Crippen molar-refractivity contribution in [2.45, 2.75) is 56.1 Å². The molecule has 9 heteroatoms. The molecule has 2 bridgehead atoms. The molecule has 0 saturated carbocycles. The maximum atomic E-state index is 16.7. The van der Waals surface area contributed by atoms with Gasteiger partial charge in [0.15, 0.2) is 5.82 Å². The molecule has 2 unspecified atom stereocenters. The minimum Gasteiger partial charge on any atom is -0.508 e. The topological polar surface area (TPSA) is 86.6 Å². The summed E-state index contributed by atoms with van der Waals surface area (Å²) < 4.78 is 23.1. The van der Waals surface area contributed by atoms with Crippen LogP contribution in [0.25, 0.3) is 39.0 Å². The summed E-state index contributed by atoms with van der Waals surface area (Å²) in [5.41, 5.74) is 1.67. The Morgan fingerprint density at radius 2 is 1.90 bits per heavy atom. The number of piperazine rings is 1. The lowest BCUT2D eigenvalue weighted by atomic mass is 9.95. The number of phenolic OH excluding ortho intramolecular Hbond substituents is 1. The van der Waals surface area contributed by atoms with E-state index in [9.17, 15) is 5.11 Å². The maximum absolute atomic E-state index is 16.7. The summed E-state index contributed by atoms with van der Waals surface area (Å²) >= 11 is 0.